The Morgan fingerprint density at radius 3 is 2.89 bits per heavy atom. The molecule has 1 atom stereocenters. The minimum atomic E-state index is -0.770. The molecule has 0 radical (unpaired) electrons. The number of rotatable bonds is 1. The van der Waals surface area contributed by atoms with E-state index >= 15 is 0 Å². The number of amides is 1. The van der Waals surface area contributed by atoms with E-state index in [4.69, 9.17) is 0 Å². The second-order valence-electron chi connectivity index (χ2n) is 5.35. The van der Waals surface area contributed by atoms with Gasteiger partial charge >= 0.3 is 0 Å². The highest BCUT2D eigenvalue weighted by Gasteiger charge is 2.34. The van der Waals surface area contributed by atoms with Crippen LogP contribution in [0.2, 0.25) is 0 Å². The Labute approximate surface area is 111 Å². The predicted molar refractivity (Wildman–Crippen MR) is 72.9 cm³/mol. The molecule has 19 heavy (non-hydrogen) atoms. The first-order valence-electron chi connectivity index (χ1n) is 6.42. The largest absolute Gasteiger partial charge is 0.388 e. The lowest BCUT2D eigenvalue weighted by molar-refractivity contribution is 0.0573. The number of β-amino-alcohol motifs (C(OH)–C–C–N with tert-alkyl or cyclic N) is 1. The van der Waals surface area contributed by atoms with Crippen LogP contribution in [0.1, 0.15) is 23.7 Å². The number of carbonyl (C=O) groups excluding carboxylic acids is 1. The summed E-state index contributed by atoms with van der Waals surface area (Å²) in [6.45, 7) is 2.74. The van der Waals surface area contributed by atoms with Gasteiger partial charge in [-0.1, -0.05) is 18.2 Å². The van der Waals surface area contributed by atoms with Crippen LogP contribution in [-0.4, -0.2) is 39.6 Å². The van der Waals surface area contributed by atoms with Crippen molar-refractivity contribution in [2.45, 2.75) is 18.9 Å². The van der Waals surface area contributed by atoms with E-state index in [-0.39, 0.29) is 5.91 Å². The third-order valence-electron chi connectivity index (χ3n) is 3.60. The molecule has 1 aromatic carbocycles. The van der Waals surface area contributed by atoms with Gasteiger partial charge in [-0.25, -0.2) is 0 Å². The maximum Gasteiger partial charge on any atom is 0.256 e. The quantitative estimate of drug-likeness (QED) is 0.847. The van der Waals surface area contributed by atoms with Crippen LogP contribution in [0.25, 0.3) is 10.9 Å². The number of likely N-dealkylation sites (tertiary alicyclic amines) is 1. The molecule has 0 bridgehead atoms. The molecule has 1 aliphatic heterocycles. The third-order valence-corrected chi connectivity index (χ3v) is 3.60. The van der Waals surface area contributed by atoms with E-state index in [1.807, 2.05) is 24.3 Å². The van der Waals surface area contributed by atoms with Gasteiger partial charge in [0.25, 0.3) is 5.91 Å². The Morgan fingerprint density at radius 1 is 1.37 bits per heavy atom. The molecule has 1 saturated heterocycles. The van der Waals surface area contributed by atoms with Crippen molar-refractivity contribution in [1.29, 1.82) is 0 Å². The van der Waals surface area contributed by atoms with Crippen molar-refractivity contribution in [1.82, 2.24) is 9.88 Å². The smallest absolute Gasteiger partial charge is 0.256 e. The molecule has 2 heterocycles. The molecule has 3 rings (SSSR count). The van der Waals surface area contributed by atoms with Crippen molar-refractivity contribution in [3.05, 3.63) is 42.1 Å². The molecule has 0 spiro atoms. The van der Waals surface area contributed by atoms with Gasteiger partial charge in [-0.3, -0.25) is 9.78 Å². The van der Waals surface area contributed by atoms with E-state index in [9.17, 15) is 9.90 Å². The fourth-order valence-electron chi connectivity index (χ4n) is 2.57. The normalized spacial score (nSPS) is 22.9. The molecule has 0 saturated carbocycles. The van der Waals surface area contributed by atoms with Gasteiger partial charge in [0.2, 0.25) is 0 Å². The molecule has 0 aliphatic carbocycles. The van der Waals surface area contributed by atoms with Crippen LogP contribution in [0.15, 0.2) is 36.5 Å². The first-order valence-corrected chi connectivity index (χ1v) is 6.42. The van der Waals surface area contributed by atoms with Gasteiger partial charge in [0.05, 0.1) is 16.7 Å². The maximum atomic E-state index is 12.5. The first-order chi connectivity index (χ1) is 9.07. The molecule has 1 aliphatic rings. The average molecular weight is 256 g/mol. The van der Waals surface area contributed by atoms with Crippen molar-refractivity contribution in [2.24, 2.45) is 0 Å². The minimum Gasteiger partial charge on any atom is -0.388 e. The van der Waals surface area contributed by atoms with Gasteiger partial charge in [0, 0.05) is 24.7 Å². The number of hydrogen-bond acceptors (Lipinski definition) is 3. The molecular formula is C15H16N2O2. The number of fused-ring (bicyclic) bond motifs is 1. The van der Waals surface area contributed by atoms with Gasteiger partial charge in [-0.2, -0.15) is 0 Å². The zero-order valence-corrected chi connectivity index (χ0v) is 10.8. The number of aliphatic hydroxyl groups is 1. The van der Waals surface area contributed by atoms with Gasteiger partial charge in [-0.15, -0.1) is 0 Å². The van der Waals surface area contributed by atoms with Crippen LogP contribution < -0.4 is 0 Å². The maximum absolute atomic E-state index is 12.5. The monoisotopic (exact) mass is 256 g/mol. The summed E-state index contributed by atoms with van der Waals surface area (Å²) < 4.78 is 0. The molecule has 1 unspecified atom stereocenters. The standard InChI is InChI=1S/C15H16N2O2/c1-15(19)7-9-17(10-15)14(18)12-6-2-4-11-5-3-8-16-13(11)12/h2-6,8,19H,7,9-10H2,1H3. The number of pyridine rings is 1. The second-order valence-corrected chi connectivity index (χ2v) is 5.35. The number of aromatic nitrogens is 1. The number of carbonyl (C=O) groups is 1. The van der Waals surface area contributed by atoms with E-state index in [1.165, 1.54) is 0 Å². The van der Waals surface area contributed by atoms with Crippen LogP contribution in [0.4, 0.5) is 0 Å². The van der Waals surface area contributed by atoms with Crippen molar-refractivity contribution in [3.63, 3.8) is 0 Å². The third kappa shape index (κ3) is 2.19. The molecule has 98 valence electrons. The van der Waals surface area contributed by atoms with Crippen molar-refractivity contribution in [2.75, 3.05) is 13.1 Å². The lowest BCUT2D eigenvalue weighted by Crippen LogP contribution is -2.34. The fourth-order valence-corrected chi connectivity index (χ4v) is 2.57. The summed E-state index contributed by atoms with van der Waals surface area (Å²) in [5.41, 5.74) is 0.561. The van der Waals surface area contributed by atoms with Crippen molar-refractivity contribution < 1.29 is 9.90 Å². The molecule has 4 heteroatoms. The fraction of sp³-hybridized carbons (Fsp3) is 0.333. The van der Waals surface area contributed by atoms with E-state index in [0.717, 1.165) is 10.9 Å². The van der Waals surface area contributed by atoms with Crippen LogP contribution in [0.3, 0.4) is 0 Å². The SMILES string of the molecule is CC1(O)CCN(C(=O)c2cccc3cccnc23)C1. The highest BCUT2D eigenvalue weighted by atomic mass is 16.3. The molecule has 1 N–H and O–H groups in total. The van der Waals surface area contributed by atoms with Gasteiger partial charge < -0.3 is 10.0 Å². The first kappa shape index (κ1) is 12.1. The topological polar surface area (TPSA) is 53.4 Å². The Morgan fingerprint density at radius 2 is 2.16 bits per heavy atom. The molecule has 2 aromatic rings. The van der Waals surface area contributed by atoms with Gasteiger partial charge in [0.1, 0.15) is 0 Å². The molecular weight excluding hydrogens is 240 g/mol. The average Bonchev–Trinajstić information content (AvgIpc) is 2.78. The summed E-state index contributed by atoms with van der Waals surface area (Å²) in [7, 11) is 0. The summed E-state index contributed by atoms with van der Waals surface area (Å²) in [6, 6.07) is 9.41. The predicted octanol–water partition coefficient (Wildman–Crippen LogP) is 1.83. The van der Waals surface area contributed by atoms with E-state index < -0.39 is 5.60 Å². The lowest BCUT2D eigenvalue weighted by atomic mass is 10.1. The van der Waals surface area contributed by atoms with Gasteiger partial charge in [0.15, 0.2) is 0 Å². The summed E-state index contributed by atoms with van der Waals surface area (Å²) in [6.07, 6.45) is 2.32. The van der Waals surface area contributed by atoms with Crippen LogP contribution in [0.5, 0.6) is 0 Å². The van der Waals surface area contributed by atoms with Crippen LogP contribution >= 0.6 is 0 Å². The molecule has 1 aromatic heterocycles. The van der Waals surface area contributed by atoms with Crippen LogP contribution in [-0.2, 0) is 0 Å². The van der Waals surface area contributed by atoms with Crippen molar-refractivity contribution >= 4 is 16.8 Å². The zero-order chi connectivity index (χ0) is 13.5. The number of hydrogen-bond donors (Lipinski definition) is 1. The number of benzene rings is 1. The molecule has 4 nitrogen and oxygen atoms in total. The second kappa shape index (κ2) is 4.31. The number of nitrogens with zero attached hydrogens (tertiary/aromatic N) is 2. The lowest BCUT2D eigenvalue weighted by Gasteiger charge is -2.19. The molecule has 1 fully saturated rings. The highest BCUT2D eigenvalue weighted by Crippen LogP contribution is 2.24. The van der Waals surface area contributed by atoms with Gasteiger partial charge in [-0.05, 0) is 25.5 Å². The Hall–Kier alpha value is -1.94. The zero-order valence-electron chi connectivity index (χ0n) is 10.8. The van der Waals surface area contributed by atoms with E-state index in [0.29, 0.717) is 25.1 Å². The van der Waals surface area contributed by atoms with E-state index in [2.05, 4.69) is 4.98 Å². The Kier molecular flexibility index (Phi) is 2.75. The summed E-state index contributed by atoms with van der Waals surface area (Å²) >= 11 is 0. The van der Waals surface area contributed by atoms with E-state index in [1.54, 1.807) is 24.1 Å². The Balaban J connectivity index is 1.99. The summed E-state index contributed by atoms with van der Waals surface area (Å²) in [5.74, 6) is -0.0536. The number of para-hydroxylation sites is 1. The summed E-state index contributed by atoms with van der Waals surface area (Å²) in [4.78, 5) is 18.5. The minimum absolute atomic E-state index is 0.0536. The van der Waals surface area contributed by atoms with Crippen molar-refractivity contribution in [3.8, 4) is 0 Å². The Bertz CT molecular complexity index is 632. The van der Waals surface area contributed by atoms with Crippen LogP contribution in [0, 0.1) is 0 Å². The summed E-state index contributed by atoms with van der Waals surface area (Å²) in [5, 5.41) is 10.9. The molecule has 1 amide bonds. The highest BCUT2D eigenvalue weighted by molar-refractivity contribution is 6.05.